The fourth-order valence-electron chi connectivity index (χ4n) is 2.27. The number of aliphatic carboxylic acids is 1. The van der Waals surface area contributed by atoms with E-state index in [-0.39, 0.29) is 30.7 Å². The van der Waals surface area contributed by atoms with Gasteiger partial charge >= 0.3 is 11.9 Å². The van der Waals surface area contributed by atoms with E-state index < -0.39 is 22.7 Å². The molecule has 2 aromatic rings. The van der Waals surface area contributed by atoms with Gasteiger partial charge < -0.3 is 9.84 Å². The molecule has 1 N–H and O–H groups in total. The Morgan fingerprint density at radius 1 is 1.15 bits per heavy atom. The van der Waals surface area contributed by atoms with Crippen LogP contribution in [0.1, 0.15) is 28.8 Å². The van der Waals surface area contributed by atoms with Gasteiger partial charge in [-0.1, -0.05) is 24.3 Å². The number of halogens is 1. The Kier molecular flexibility index (Phi) is 6.76. The second-order valence-electron chi connectivity index (χ2n) is 5.55. The van der Waals surface area contributed by atoms with Crippen LogP contribution in [0.5, 0.6) is 0 Å². The molecule has 0 fully saturated rings. The van der Waals surface area contributed by atoms with Gasteiger partial charge in [0.05, 0.1) is 10.5 Å². The number of carbonyl (C=O) groups excluding carboxylic acids is 1. The lowest BCUT2D eigenvalue weighted by molar-refractivity contribution is -0.384. The molecule has 0 radical (unpaired) electrons. The molecule has 0 aliphatic heterocycles. The van der Waals surface area contributed by atoms with Gasteiger partial charge in [0.25, 0.3) is 5.69 Å². The van der Waals surface area contributed by atoms with Crippen LogP contribution in [0, 0.1) is 15.9 Å². The van der Waals surface area contributed by atoms with Gasteiger partial charge in [-0.25, -0.2) is 9.18 Å². The maximum absolute atomic E-state index is 13.1. The number of hydrogen-bond acceptors (Lipinski definition) is 5. The number of hydrogen-bond donors (Lipinski definition) is 1. The van der Waals surface area contributed by atoms with E-state index in [0.29, 0.717) is 11.1 Å². The maximum atomic E-state index is 13.1. The Balaban J connectivity index is 2.13. The molecule has 7 nitrogen and oxygen atoms in total. The van der Waals surface area contributed by atoms with Crippen LogP contribution in [0.2, 0.25) is 0 Å². The van der Waals surface area contributed by atoms with Gasteiger partial charge in [-0.2, -0.15) is 0 Å². The summed E-state index contributed by atoms with van der Waals surface area (Å²) in [7, 11) is 0. The van der Waals surface area contributed by atoms with Crippen molar-refractivity contribution in [2.45, 2.75) is 12.8 Å². The number of carboxylic acids is 1. The smallest absolute Gasteiger partial charge is 0.338 e. The first kappa shape index (κ1) is 19.8. The summed E-state index contributed by atoms with van der Waals surface area (Å²) in [6.45, 7) is -0.188. The van der Waals surface area contributed by atoms with Gasteiger partial charge in [-0.3, -0.25) is 14.9 Å². The summed E-state index contributed by atoms with van der Waals surface area (Å²) >= 11 is 0. The van der Waals surface area contributed by atoms with Crippen LogP contribution in [0.3, 0.4) is 0 Å². The number of rotatable bonds is 8. The highest BCUT2D eigenvalue weighted by Crippen LogP contribution is 2.19. The zero-order valence-electron chi connectivity index (χ0n) is 14.1. The molecule has 140 valence electrons. The van der Waals surface area contributed by atoms with Crippen LogP contribution in [-0.4, -0.2) is 28.6 Å². The lowest BCUT2D eigenvalue weighted by Crippen LogP contribution is -2.08. The average molecular weight is 373 g/mol. The number of nitrogens with zero attached hydrogens (tertiary/aromatic N) is 1. The van der Waals surface area contributed by atoms with E-state index in [0.717, 1.165) is 6.07 Å². The number of carbonyl (C=O) groups is 2. The monoisotopic (exact) mass is 373 g/mol. The Morgan fingerprint density at radius 3 is 2.48 bits per heavy atom. The van der Waals surface area contributed by atoms with Crippen molar-refractivity contribution in [2.75, 3.05) is 6.61 Å². The van der Waals surface area contributed by atoms with Crippen LogP contribution in [0.25, 0.3) is 5.57 Å². The van der Waals surface area contributed by atoms with Crippen LogP contribution >= 0.6 is 0 Å². The molecule has 0 spiro atoms. The van der Waals surface area contributed by atoms with Crippen molar-refractivity contribution in [1.82, 2.24) is 0 Å². The minimum atomic E-state index is -0.974. The van der Waals surface area contributed by atoms with E-state index >= 15 is 0 Å². The number of esters is 1. The molecule has 0 atom stereocenters. The van der Waals surface area contributed by atoms with E-state index in [1.807, 2.05) is 0 Å². The second kappa shape index (κ2) is 9.23. The molecule has 0 aliphatic carbocycles. The highest BCUT2D eigenvalue weighted by molar-refractivity contribution is 5.90. The normalized spacial score (nSPS) is 11.1. The summed E-state index contributed by atoms with van der Waals surface area (Å²) in [6.07, 6.45) is 1.70. The van der Waals surface area contributed by atoms with Crippen LogP contribution in [0.4, 0.5) is 10.1 Å². The predicted octanol–water partition coefficient (Wildman–Crippen LogP) is 3.84. The van der Waals surface area contributed by atoms with Crippen molar-refractivity contribution in [1.29, 1.82) is 0 Å². The Morgan fingerprint density at radius 2 is 1.85 bits per heavy atom. The number of allylic oxidation sites excluding steroid dienone is 1. The fraction of sp³-hybridized carbons (Fsp3) is 0.158. The molecule has 0 amide bonds. The third-order valence-corrected chi connectivity index (χ3v) is 3.62. The number of ether oxygens (including phenoxy) is 1. The quantitative estimate of drug-likeness (QED) is 0.428. The molecule has 27 heavy (non-hydrogen) atoms. The Hall–Kier alpha value is -3.55. The van der Waals surface area contributed by atoms with Crippen LogP contribution in [0.15, 0.2) is 54.6 Å². The number of nitro benzene ring substituents is 1. The van der Waals surface area contributed by atoms with E-state index in [2.05, 4.69) is 0 Å². The minimum absolute atomic E-state index is 0.0215. The zero-order chi connectivity index (χ0) is 19.8. The molecular formula is C19H16FNO6. The Labute approximate surface area is 153 Å². The van der Waals surface area contributed by atoms with Gasteiger partial charge in [0.1, 0.15) is 12.4 Å². The van der Waals surface area contributed by atoms with Gasteiger partial charge in [-0.05, 0) is 35.8 Å². The lowest BCUT2D eigenvalue weighted by atomic mass is 10.0. The SMILES string of the molecule is O=C(O)CC/C=C(\COC(=O)c1cccc([N+](=O)[O-])c1)c1ccc(F)cc1. The van der Waals surface area contributed by atoms with Gasteiger partial charge in [0.2, 0.25) is 0 Å². The largest absolute Gasteiger partial charge is 0.481 e. The van der Waals surface area contributed by atoms with Crippen molar-refractivity contribution in [3.05, 3.63) is 81.7 Å². The molecule has 2 aromatic carbocycles. The molecule has 2 rings (SSSR count). The van der Waals surface area contributed by atoms with Crippen LogP contribution < -0.4 is 0 Å². The molecule has 0 saturated carbocycles. The highest BCUT2D eigenvalue weighted by atomic mass is 19.1. The van der Waals surface area contributed by atoms with Crippen molar-refractivity contribution in [3.8, 4) is 0 Å². The third kappa shape index (κ3) is 6.03. The summed E-state index contributed by atoms with van der Waals surface area (Å²) < 4.78 is 18.3. The summed E-state index contributed by atoms with van der Waals surface area (Å²) in [6, 6.07) is 10.6. The molecule has 0 aromatic heterocycles. The first-order valence-corrected chi connectivity index (χ1v) is 7.95. The lowest BCUT2D eigenvalue weighted by Gasteiger charge is -2.10. The van der Waals surface area contributed by atoms with E-state index in [9.17, 15) is 24.1 Å². The molecule has 0 heterocycles. The van der Waals surface area contributed by atoms with Crippen molar-refractivity contribution < 1.29 is 28.7 Å². The number of non-ortho nitro benzene ring substituents is 1. The van der Waals surface area contributed by atoms with Gasteiger partial charge in [0, 0.05) is 18.6 Å². The average Bonchev–Trinajstić information content (AvgIpc) is 2.65. The molecule has 8 heteroatoms. The van der Waals surface area contributed by atoms with E-state index in [1.165, 1.54) is 42.5 Å². The van der Waals surface area contributed by atoms with Crippen molar-refractivity contribution in [2.24, 2.45) is 0 Å². The number of carboxylic acid groups (broad SMARTS) is 1. The van der Waals surface area contributed by atoms with Crippen LogP contribution in [-0.2, 0) is 9.53 Å². The standard InChI is InChI=1S/C19H16FNO6/c20-16-9-7-13(8-10-16)15(4-2-6-18(22)23)12-27-19(24)14-3-1-5-17(11-14)21(25)26/h1,3-5,7-11H,2,6,12H2,(H,22,23)/b15-4+. The first-order chi connectivity index (χ1) is 12.9. The molecule has 0 bridgehead atoms. The summed E-state index contributed by atoms with van der Waals surface area (Å²) in [5.41, 5.74) is 0.872. The number of nitro groups is 1. The van der Waals surface area contributed by atoms with E-state index in [4.69, 9.17) is 9.84 Å². The summed E-state index contributed by atoms with van der Waals surface area (Å²) in [5.74, 6) is -2.17. The van der Waals surface area contributed by atoms with Crippen molar-refractivity contribution in [3.63, 3.8) is 0 Å². The summed E-state index contributed by atoms with van der Waals surface area (Å²) in [4.78, 5) is 33.0. The fourth-order valence-corrected chi connectivity index (χ4v) is 2.27. The zero-order valence-corrected chi connectivity index (χ0v) is 14.1. The van der Waals surface area contributed by atoms with E-state index in [1.54, 1.807) is 6.08 Å². The molecule has 0 aliphatic rings. The van der Waals surface area contributed by atoms with Gasteiger partial charge in [-0.15, -0.1) is 0 Å². The topological polar surface area (TPSA) is 107 Å². The Bertz CT molecular complexity index is 876. The van der Waals surface area contributed by atoms with Gasteiger partial charge in [0.15, 0.2) is 0 Å². The molecule has 0 saturated heterocycles. The molecular weight excluding hydrogens is 357 g/mol. The molecule has 0 unspecified atom stereocenters. The minimum Gasteiger partial charge on any atom is -0.481 e. The number of benzene rings is 2. The maximum Gasteiger partial charge on any atom is 0.338 e. The first-order valence-electron chi connectivity index (χ1n) is 7.95. The van der Waals surface area contributed by atoms with Crippen molar-refractivity contribution >= 4 is 23.2 Å². The highest BCUT2D eigenvalue weighted by Gasteiger charge is 2.14. The second-order valence-corrected chi connectivity index (χ2v) is 5.55. The summed E-state index contributed by atoms with van der Waals surface area (Å²) in [5, 5.41) is 19.5. The third-order valence-electron chi connectivity index (χ3n) is 3.62. The predicted molar refractivity (Wildman–Crippen MR) is 94.6 cm³/mol.